The van der Waals surface area contributed by atoms with E-state index < -0.39 is 18.5 Å². The zero-order valence-electron chi connectivity index (χ0n) is 20.1. The Morgan fingerprint density at radius 3 is 2.32 bits per heavy atom. The van der Waals surface area contributed by atoms with E-state index in [9.17, 15) is 14.4 Å². The third-order valence-corrected chi connectivity index (χ3v) is 6.40. The van der Waals surface area contributed by atoms with Crippen LogP contribution < -0.4 is 5.32 Å². The predicted molar refractivity (Wildman–Crippen MR) is 150 cm³/mol. The van der Waals surface area contributed by atoms with Gasteiger partial charge in [0.25, 0.3) is 5.91 Å². The Balaban J connectivity index is 1.40. The normalized spacial score (nSPS) is 10.7. The zero-order chi connectivity index (χ0) is 26.5. The summed E-state index contributed by atoms with van der Waals surface area (Å²) < 4.78 is 6.05. The van der Waals surface area contributed by atoms with Crippen molar-refractivity contribution in [3.05, 3.63) is 130 Å². The highest BCUT2D eigenvalue weighted by atomic mass is 79.9. The number of aromatic nitrogens is 1. The van der Waals surface area contributed by atoms with Crippen molar-refractivity contribution in [2.24, 2.45) is 0 Å². The molecule has 186 valence electrons. The van der Waals surface area contributed by atoms with Gasteiger partial charge in [-0.25, -0.2) is 9.78 Å². The number of ether oxygens (including phenoxy) is 1. The number of fused-ring (bicyclic) bond motifs is 1. The Morgan fingerprint density at radius 1 is 0.763 bits per heavy atom. The Hall–Kier alpha value is -4.62. The number of carbonyl (C=O) groups is 3. The van der Waals surface area contributed by atoms with Crippen LogP contribution in [0.15, 0.2) is 114 Å². The molecular weight excluding hydrogens is 544 g/mol. The van der Waals surface area contributed by atoms with E-state index in [1.807, 2.05) is 54.6 Å². The Labute approximate surface area is 227 Å². The van der Waals surface area contributed by atoms with Gasteiger partial charge in [-0.2, -0.15) is 0 Å². The molecule has 7 heteroatoms. The molecular formula is C31H21BrN2O4. The van der Waals surface area contributed by atoms with Crippen molar-refractivity contribution in [1.82, 2.24) is 4.98 Å². The molecule has 1 N–H and O–H groups in total. The quantitative estimate of drug-likeness (QED) is 0.170. The molecule has 0 aliphatic rings. The summed E-state index contributed by atoms with van der Waals surface area (Å²) in [5.74, 6) is -1.45. The summed E-state index contributed by atoms with van der Waals surface area (Å²) in [7, 11) is 0. The predicted octanol–water partition coefficient (Wildman–Crippen LogP) is 6.96. The molecule has 0 radical (unpaired) electrons. The average Bonchev–Trinajstić information content (AvgIpc) is 2.95. The molecule has 0 saturated heterocycles. The third-order valence-electron chi connectivity index (χ3n) is 5.91. The van der Waals surface area contributed by atoms with Crippen molar-refractivity contribution in [1.29, 1.82) is 0 Å². The number of esters is 1. The lowest BCUT2D eigenvalue weighted by molar-refractivity contribution is 0.0475. The number of nitrogens with one attached hydrogen (secondary N) is 1. The molecule has 5 rings (SSSR count). The summed E-state index contributed by atoms with van der Waals surface area (Å²) in [5, 5.41) is 3.53. The lowest BCUT2D eigenvalue weighted by Gasteiger charge is -2.13. The highest BCUT2D eigenvalue weighted by molar-refractivity contribution is 9.10. The number of carbonyl (C=O) groups excluding carboxylic acids is 3. The van der Waals surface area contributed by atoms with E-state index in [1.54, 1.807) is 54.6 Å². The first kappa shape index (κ1) is 25.0. The van der Waals surface area contributed by atoms with Crippen LogP contribution in [-0.4, -0.2) is 29.3 Å². The third kappa shape index (κ3) is 5.53. The van der Waals surface area contributed by atoms with Gasteiger partial charge in [-0.1, -0.05) is 88.7 Å². The van der Waals surface area contributed by atoms with Crippen LogP contribution in [0.2, 0.25) is 0 Å². The van der Waals surface area contributed by atoms with Crippen LogP contribution in [0.25, 0.3) is 22.2 Å². The summed E-state index contributed by atoms with van der Waals surface area (Å²) >= 11 is 3.33. The van der Waals surface area contributed by atoms with Gasteiger partial charge in [-0.3, -0.25) is 9.59 Å². The smallest absolute Gasteiger partial charge is 0.340 e. The van der Waals surface area contributed by atoms with Crippen LogP contribution in [0.4, 0.5) is 5.69 Å². The van der Waals surface area contributed by atoms with E-state index in [4.69, 9.17) is 9.72 Å². The van der Waals surface area contributed by atoms with Gasteiger partial charge in [0.15, 0.2) is 12.4 Å². The van der Waals surface area contributed by atoms with Gasteiger partial charge in [0.2, 0.25) is 0 Å². The van der Waals surface area contributed by atoms with E-state index in [2.05, 4.69) is 21.2 Å². The van der Waals surface area contributed by atoms with Gasteiger partial charge in [-0.05, 0) is 36.4 Å². The van der Waals surface area contributed by atoms with Crippen LogP contribution in [-0.2, 0) is 4.74 Å². The summed E-state index contributed by atoms with van der Waals surface area (Å²) in [6, 6.07) is 32.1. The minimum absolute atomic E-state index is 0.143. The highest BCUT2D eigenvalue weighted by Gasteiger charge is 2.19. The molecule has 4 aromatic carbocycles. The van der Waals surface area contributed by atoms with Crippen molar-refractivity contribution in [3.63, 3.8) is 0 Å². The maximum atomic E-state index is 13.5. The number of rotatable bonds is 7. The number of amides is 1. The first-order valence-corrected chi connectivity index (χ1v) is 12.6. The minimum Gasteiger partial charge on any atom is -0.454 e. The van der Waals surface area contributed by atoms with E-state index in [1.165, 1.54) is 0 Å². The van der Waals surface area contributed by atoms with Gasteiger partial charge >= 0.3 is 5.97 Å². The first-order chi connectivity index (χ1) is 18.5. The van der Waals surface area contributed by atoms with Crippen LogP contribution in [0.5, 0.6) is 0 Å². The molecule has 0 bridgehead atoms. The van der Waals surface area contributed by atoms with Crippen molar-refractivity contribution < 1.29 is 19.1 Å². The molecule has 0 aliphatic heterocycles. The standard InChI is InChI=1S/C31H21BrN2O4/c32-22-12-8-11-21(17-22)29(35)19-38-31(37)24-14-5-7-16-27(24)34-30(36)25-18-28(20-9-2-1-3-10-20)33-26-15-6-4-13-23(25)26/h1-18H,19H2,(H,34,36). The molecule has 0 saturated carbocycles. The number of ketones is 1. The lowest BCUT2D eigenvalue weighted by Crippen LogP contribution is -2.18. The summed E-state index contributed by atoms with van der Waals surface area (Å²) in [6.45, 7) is -0.424. The SMILES string of the molecule is O=C(COC(=O)c1ccccc1NC(=O)c1cc(-c2ccccc2)nc2ccccc12)c1cccc(Br)c1. The van der Waals surface area contributed by atoms with Crippen LogP contribution >= 0.6 is 15.9 Å². The van der Waals surface area contributed by atoms with Gasteiger partial charge in [0.1, 0.15) is 0 Å². The Morgan fingerprint density at radius 2 is 1.50 bits per heavy atom. The monoisotopic (exact) mass is 564 g/mol. The fourth-order valence-electron chi connectivity index (χ4n) is 4.03. The molecule has 0 unspecified atom stereocenters. The van der Waals surface area contributed by atoms with Crippen molar-refractivity contribution in [2.75, 3.05) is 11.9 Å². The van der Waals surface area contributed by atoms with E-state index in [0.29, 0.717) is 27.7 Å². The zero-order valence-corrected chi connectivity index (χ0v) is 21.6. The number of hydrogen-bond acceptors (Lipinski definition) is 5. The number of benzene rings is 4. The second-order valence-corrected chi connectivity index (χ2v) is 9.36. The maximum absolute atomic E-state index is 13.5. The second-order valence-electron chi connectivity index (χ2n) is 8.45. The van der Waals surface area contributed by atoms with Crippen LogP contribution in [0.1, 0.15) is 31.1 Å². The largest absolute Gasteiger partial charge is 0.454 e. The van der Waals surface area contributed by atoms with Crippen LogP contribution in [0.3, 0.4) is 0 Å². The topological polar surface area (TPSA) is 85.4 Å². The fraction of sp³-hybridized carbons (Fsp3) is 0.0323. The number of halogens is 1. The van der Waals surface area contributed by atoms with Gasteiger partial charge in [0, 0.05) is 21.0 Å². The van der Waals surface area contributed by atoms with Crippen molar-refractivity contribution in [2.45, 2.75) is 0 Å². The number of hydrogen-bond donors (Lipinski definition) is 1. The summed E-state index contributed by atoms with van der Waals surface area (Å²) in [5.41, 5.74) is 3.48. The summed E-state index contributed by atoms with van der Waals surface area (Å²) in [4.78, 5) is 43.6. The lowest BCUT2D eigenvalue weighted by atomic mass is 10.0. The molecule has 0 spiro atoms. The average molecular weight is 565 g/mol. The number of para-hydroxylation sites is 2. The molecule has 0 fully saturated rings. The van der Waals surface area contributed by atoms with E-state index in [-0.39, 0.29) is 17.0 Å². The second kappa shape index (κ2) is 11.2. The molecule has 38 heavy (non-hydrogen) atoms. The molecule has 1 heterocycles. The van der Waals surface area contributed by atoms with Gasteiger partial charge in [0.05, 0.1) is 28.0 Å². The van der Waals surface area contributed by atoms with Crippen molar-refractivity contribution >= 4 is 50.2 Å². The van der Waals surface area contributed by atoms with E-state index >= 15 is 0 Å². The Kier molecular flexibility index (Phi) is 7.38. The van der Waals surface area contributed by atoms with Crippen molar-refractivity contribution in [3.8, 4) is 11.3 Å². The fourth-order valence-corrected chi connectivity index (χ4v) is 4.43. The van der Waals surface area contributed by atoms with Crippen LogP contribution in [0, 0.1) is 0 Å². The number of anilines is 1. The number of nitrogens with zero attached hydrogens (tertiary/aromatic N) is 1. The highest BCUT2D eigenvalue weighted by Crippen LogP contribution is 2.26. The molecule has 1 aromatic heterocycles. The maximum Gasteiger partial charge on any atom is 0.340 e. The molecule has 6 nitrogen and oxygen atoms in total. The van der Waals surface area contributed by atoms with Gasteiger partial charge in [-0.15, -0.1) is 0 Å². The molecule has 0 aliphatic carbocycles. The Bertz CT molecular complexity index is 1670. The molecule has 0 atom stereocenters. The number of pyridine rings is 1. The van der Waals surface area contributed by atoms with Gasteiger partial charge < -0.3 is 10.1 Å². The van der Waals surface area contributed by atoms with E-state index in [0.717, 1.165) is 10.0 Å². The summed E-state index contributed by atoms with van der Waals surface area (Å²) in [6.07, 6.45) is 0. The number of Topliss-reactive ketones (excluding diaryl/α,β-unsaturated/α-hetero) is 1. The first-order valence-electron chi connectivity index (χ1n) is 11.8. The molecule has 5 aromatic rings. The minimum atomic E-state index is -0.714. The molecule has 1 amide bonds.